The lowest BCUT2D eigenvalue weighted by molar-refractivity contribution is -0.137. The van der Waals surface area contributed by atoms with Crippen LogP contribution in [0.5, 0.6) is 0 Å². The summed E-state index contributed by atoms with van der Waals surface area (Å²) < 4.78 is 19.4. The van der Waals surface area contributed by atoms with E-state index in [1.807, 2.05) is 19.9 Å². The highest BCUT2D eigenvalue weighted by molar-refractivity contribution is 9.10. The molecular weight excluding hydrogens is 311 g/mol. The van der Waals surface area contributed by atoms with Crippen LogP contribution in [0, 0.1) is 5.82 Å². The van der Waals surface area contributed by atoms with Gasteiger partial charge in [0.1, 0.15) is 5.82 Å². The molecule has 0 amide bonds. The Morgan fingerprint density at radius 1 is 1.47 bits per heavy atom. The highest BCUT2D eigenvalue weighted by atomic mass is 79.9. The molecular formula is C15H18BrFO2. The van der Waals surface area contributed by atoms with Crippen LogP contribution in [0.1, 0.15) is 32.8 Å². The molecule has 1 aromatic rings. The van der Waals surface area contributed by atoms with Crippen molar-refractivity contribution in [2.75, 3.05) is 6.61 Å². The number of ether oxygens (including phenoxy) is 1. The summed E-state index contributed by atoms with van der Waals surface area (Å²) in [5.41, 5.74) is 0.248. The average Bonchev–Trinajstić information content (AvgIpc) is 2.28. The van der Waals surface area contributed by atoms with Gasteiger partial charge in [0.05, 0.1) is 6.61 Å². The molecule has 0 unspecified atom stereocenters. The van der Waals surface area contributed by atoms with Crippen LogP contribution in [0.2, 0.25) is 0 Å². The highest BCUT2D eigenvalue weighted by Crippen LogP contribution is 2.31. The molecule has 0 spiro atoms. The second kappa shape index (κ2) is 6.85. The Morgan fingerprint density at radius 3 is 2.74 bits per heavy atom. The maximum Gasteiger partial charge on any atom is 0.330 e. The number of rotatable bonds is 5. The van der Waals surface area contributed by atoms with Crippen LogP contribution in [-0.2, 0) is 14.9 Å². The summed E-state index contributed by atoms with van der Waals surface area (Å²) in [5, 5.41) is 0. The summed E-state index contributed by atoms with van der Waals surface area (Å²) in [7, 11) is 0. The van der Waals surface area contributed by atoms with E-state index in [1.54, 1.807) is 19.1 Å². The summed E-state index contributed by atoms with van der Waals surface area (Å²) in [5.74, 6) is -0.613. The Hall–Kier alpha value is -1.16. The molecule has 0 saturated heterocycles. The fourth-order valence-corrected chi connectivity index (χ4v) is 2.12. The van der Waals surface area contributed by atoms with Gasteiger partial charge < -0.3 is 4.74 Å². The maximum atomic E-state index is 13.9. The van der Waals surface area contributed by atoms with E-state index in [1.165, 1.54) is 12.1 Å². The van der Waals surface area contributed by atoms with Gasteiger partial charge in [0.2, 0.25) is 0 Å². The zero-order chi connectivity index (χ0) is 14.5. The summed E-state index contributed by atoms with van der Waals surface area (Å²) in [6.07, 6.45) is 3.67. The van der Waals surface area contributed by atoms with E-state index in [2.05, 4.69) is 15.9 Å². The Balaban J connectivity index is 2.78. The monoisotopic (exact) mass is 328 g/mol. The number of carbonyl (C=O) groups is 1. The van der Waals surface area contributed by atoms with E-state index in [-0.39, 0.29) is 17.2 Å². The maximum absolute atomic E-state index is 13.9. The molecule has 0 aliphatic rings. The van der Waals surface area contributed by atoms with Gasteiger partial charge in [0.15, 0.2) is 0 Å². The molecule has 0 heterocycles. The van der Waals surface area contributed by atoms with Gasteiger partial charge in [-0.15, -0.1) is 0 Å². The molecule has 0 aliphatic heterocycles. The predicted molar refractivity (Wildman–Crippen MR) is 77.5 cm³/mol. The molecule has 19 heavy (non-hydrogen) atoms. The first-order valence-corrected chi connectivity index (χ1v) is 6.95. The van der Waals surface area contributed by atoms with Crippen molar-refractivity contribution >= 4 is 21.9 Å². The molecule has 0 aromatic heterocycles. The van der Waals surface area contributed by atoms with Crippen LogP contribution < -0.4 is 0 Å². The fourth-order valence-electron chi connectivity index (χ4n) is 1.79. The van der Waals surface area contributed by atoms with Crippen LogP contribution in [0.3, 0.4) is 0 Å². The Bertz CT molecular complexity index is 481. The molecule has 0 fully saturated rings. The molecule has 4 heteroatoms. The van der Waals surface area contributed by atoms with E-state index in [4.69, 9.17) is 4.74 Å². The molecule has 0 aliphatic carbocycles. The van der Waals surface area contributed by atoms with Gasteiger partial charge in [0.25, 0.3) is 0 Å². The Morgan fingerprint density at radius 2 is 2.16 bits per heavy atom. The third-order valence-corrected chi connectivity index (χ3v) is 3.32. The number of hydrogen-bond acceptors (Lipinski definition) is 2. The first-order chi connectivity index (χ1) is 8.86. The van der Waals surface area contributed by atoms with Crippen LogP contribution >= 0.6 is 15.9 Å². The number of carbonyl (C=O) groups excluding carboxylic acids is 1. The lowest BCUT2D eigenvalue weighted by Crippen LogP contribution is -2.18. The van der Waals surface area contributed by atoms with Crippen LogP contribution in [-0.4, -0.2) is 12.6 Å². The lowest BCUT2D eigenvalue weighted by Gasteiger charge is -2.24. The lowest BCUT2D eigenvalue weighted by atomic mass is 9.81. The van der Waals surface area contributed by atoms with Crippen molar-refractivity contribution in [2.45, 2.75) is 32.6 Å². The van der Waals surface area contributed by atoms with Crippen molar-refractivity contribution in [2.24, 2.45) is 0 Å². The summed E-state index contributed by atoms with van der Waals surface area (Å²) >= 11 is 3.24. The molecule has 1 aromatic carbocycles. The van der Waals surface area contributed by atoms with Crippen molar-refractivity contribution in [3.63, 3.8) is 0 Å². The highest BCUT2D eigenvalue weighted by Gasteiger charge is 2.22. The summed E-state index contributed by atoms with van der Waals surface area (Å²) in [4.78, 5) is 11.2. The molecule has 1 rings (SSSR count). The third kappa shape index (κ3) is 4.78. The minimum atomic E-state index is -0.381. The van der Waals surface area contributed by atoms with E-state index in [0.717, 1.165) is 0 Å². The van der Waals surface area contributed by atoms with Gasteiger partial charge >= 0.3 is 5.97 Å². The number of allylic oxidation sites excluding steroid dienone is 1. The minimum absolute atomic E-state index is 0.246. The fraction of sp³-hybridized carbons (Fsp3) is 0.400. The van der Waals surface area contributed by atoms with Gasteiger partial charge in [-0.1, -0.05) is 41.9 Å². The molecule has 0 radical (unpaired) electrons. The van der Waals surface area contributed by atoms with Gasteiger partial charge in [0, 0.05) is 10.5 Å². The van der Waals surface area contributed by atoms with Gasteiger partial charge in [-0.05, 0) is 36.5 Å². The van der Waals surface area contributed by atoms with Gasteiger partial charge in [-0.2, -0.15) is 0 Å². The predicted octanol–water partition coefficient (Wildman–Crippen LogP) is 4.38. The topological polar surface area (TPSA) is 26.3 Å². The van der Waals surface area contributed by atoms with E-state index < -0.39 is 0 Å². The quantitative estimate of drug-likeness (QED) is 0.592. The van der Waals surface area contributed by atoms with Crippen molar-refractivity contribution in [1.82, 2.24) is 0 Å². The van der Waals surface area contributed by atoms with Crippen LogP contribution in [0.4, 0.5) is 4.39 Å². The zero-order valence-corrected chi connectivity index (χ0v) is 13.0. The van der Waals surface area contributed by atoms with Gasteiger partial charge in [-0.25, -0.2) is 9.18 Å². The zero-order valence-electron chi connectivity index (χ0n) is 11.4. The van der Waals surface area contributed by atoms with E-state index in [9.17, 15) is 9.18 Å². The smallest absolute Gasteiger partial charge is 0.330 e. The molecule has 2 nitrogen and oxygen atoms in total. The van der Waals surface area contributed by atoms with Crippen molar-refractivity contribution in [3.8, 4) is 0 Å². The van der Waals surface area contributed by atoms with Crippen molar-refractivity contribution < 1.29 is 13.9 Å². The van der Waals surface area contributed by atoms with Crippen LogP contribution in [0.15, 0.2) is 34.8 Å². The average molecular weight is 329 g/mol. The van der Waals surface area contributed by atoms with Gasteiger partial charge in [-0.3, -0.25) is 0 Å². The van der Waals surface area contributed by atoms with E-state index in [0.29, 0.717) is 23.1 Å². The summed E-state index contributed by atoms with van der Waals surface area (Å²) in [6, 6.07) is 5.03. The Labute approximate surface area is 121 Å². The third-order valence-electron chi connectivity index (χ3n) is 2.83. The molecule has 0 bridgehead atoms. The largest absolute Gasteiger partial charge is 0.463 e. The molecule has 0 N–H and O–H groups in total. The number of hydrogen-bond donors (Lipinski definition) is 0. The minimum Gasteiger partial charge on any atom is -0.463 e. The number of halogens is 2. The number of benzene rings is 1. The van der Waals surface area contributed by atoms with Crippen molar-refractivity contribution in [3.05, 3.63) is 46.2 Å². The molecule has 0 atom stereocenters. The first kappa shape index (κ1) is 15.9. The normalized spacial score (nSPS) is 11.8. The molecule has 0 saturated carbocycles. The second-order valence-electron chi connectivity index (χ2n) is 4.87. The second-order valence-corrected chi connectivity index (χ2v) is 5.78. The van der Waals surface area contributed by atoms with Crippen molar-refractivity contribution in [1.29, 1.82) is 0 Å². The summed E-state index contributed by atoms with van der Waals surface area (Å²) in [6.45, 7) is 5.99. The van der Waals surface area contributed by atoms with Crippen LogP contribution in [0.25, 0.3) is 0 Å². The SMILES string of the molecule is CCOC(=O)/C=C/CC(C)(C)c1ccc(Br)cc1F. The number of esters is 1. The molecule has 104 valence electrons. The standard InChI is InChI=1S/C15H18BrFO2/c1-4-19-14(18)6-5-9-15(2,3)12-8-7-11(16)10-13(12)17/h5-8,10H,4,9H2,1-3H3/b6-5+. The van der Waals surface area contributed by atoms with E-state index >= 15 is 0 Å². The Kier molecular flexibility index (Phi) is 5.73. The first-order valence-electron chi connectivity index (χ1n) is 6.15.